The van der Waals surface area contributed by atoms with E-state index < -0.39 is 49.5 Å². The van der Waals surface area contributed by atoms with E-state index in [9.17, 15) is 30.3 Å². The molecule has 1 heterocycles. The van der Waals surface area contributed by atoms with Crippen molar-refractivity contribution in [3.8, 4) is 0 Å². The first-order chi connectivity index (χ1) is 24.3. The summed E-state index contributed by atoms with van der Waals surface area (Å²) in [7, 11) is 0. The van der Waals surface area contributed by atoms with Crippen LogP contribution in [-0.2, 0) is 14.3 Å². The largest absolute Gasteiger partial charge is 0.394 e. The van der Waals surface area contributed by atoms with Crippen LogP contribution in [0.15, 0.2) is 24.3 Å². The lowest BCUT2D eigenvalue weighted by atomic mass is 9.99. The van der Waals surface area contributed by atoms with Gasteiger partial charge >= 0.3 is 0 Å². The van der Waals surface area contributed by atoms with Gasteiger partial charge < -0.3 is 40.3 Å². The first kappa shape index (κ1) is 46.7. The number of carbonyl (C=O) groups excluding carboxylic acids is 1. The zero-order valence-electron chi connectivity index (χ0n) is 31.9. The van der Waals surface area contributed by atoms with E-state index in [0.717, 1.165) is 38.5 Å². The van der Waals surface area contributed by atoms with Crippen LogP contribution in [0, 0.1) is 0 Å². The van der Waals surface area contributed by atoms with Crippen molar-refractivity contribution in [2.24, 2.45) is 0 Å². The minimum Gasteiger partial charge on any atom is -0.394 e. The van der Waals surface area contributed by atoms with Crippen LogP contribution < -0.4 is 5.32 Å². The average Bonchev–Trinajstić information content (AvgIpc) is 3.11. The summed E-state index contributed by atoms with van der Waals surface area (Å²) >= 11 is 0. The molecule has 0 spiro atoms. The van der Waals surface area contributed by atoms with Gasteiger partial charge in [0.05, 0.1) is 25.4 Å². The zero-order chi connectivity index (χ0) is 36.7. The van der Waals surface area contributed by atoms with Crippen molar-refractivity contribution in [2.75, 3.05) is 13.2 Å². The number of nitrogens with one attached hydrogen (secondary N) is 1. The molecule has 0 saturated carbocycles. The van der Waals surface area contributed by atoms with E-state index in [2.05, 4.69) is 31.3 Å². The van der Waals surface area contributed by atoms with Gasteiger partial charge in [-0.05, 0) is 32.1 Å². The molecule has 0 aromatic heterocycles. The number of ether oxygens (including phenoxy) is 2. The second kappa shape index (κ2) is 32.3. The van der Waals surface area contributed by atoms with E-state index in [1.54, 1.807) is 6.08 Å². The lowest BCUT2D eigenvalue weighted by Crippen LogP contribution is -2.60. The first-order valence-corrected chi connectivity index (χ1v) is 20.6. The second-order valence-corrected chi connectivity index (χ2v) is 14.4. The number of amides is 1. The van der Waals surface area contributed by atoms with Gasteiger partial charge in [0.25, 0.3) is 0 Å². The fourth-order valence-corrected chi connectivity index (χ4v) is 6.41. The number of rotatable bonds is 33. The normalized spacial score (nSPS) is 22.4. The lowest BCUT2D eigenvalue weighted by molar-refractivity contribution is -0.302. The second-order valence-electron chi connectivity index (χ2n) is 14.4. The zero-order valence-corrected chi connectivity index (χ0v) is 31.9. The number of aliphatic hydroxyl groups is 5. The number of hydrogen-bond donors (Lipinski definition) is 6. The predicted octanol–water partition coefficient (Wildman–Crippen LogP) is 7.55. The summed E-state index contributed by atoms with van der Waals surface area (Å²) in [5.41, 5.74) is 0. The maximum atomic E-state index is 12.9. The van der Waals surface area contributed by atoms with Gasteiger partial charge in [0.1, 0.15) is 24.4 Å². The number of unbranched alkanes of at least 4 members (excludes halogenated alkanes) is 21. The molecule has 1 aliphatic rings. The molecule has 0 aromatic carbocycles. The number of carbonyl (C=O) groups is 1. The van der Waals surface area contributed by atoms with Crippen molar-refractivity contribution in [3.05, 3.63) is 24.3 Å². The smallest absolute Gasteiger partial charge is 0.220 e. The van der Waals surface area contributed by atoms with Gasteiger partial charge in [-0.2, -0.15) is 0 Å². The van der Waals surface area contributed by atoms with Crippen molar-refractivity contribution >= 4 is 5.91 Å². The van der Waals surface area contributed by atoms with Crippen LogP contribution >= 0.6 is 0 Å². The van der Waals surface area contributed by atoms with Crippen molar-refractivity contribution in [2.45, 2.75) is 217 Å². The van der Waals surface area contributed by atoms with Crippen LogP contribution in [0.1, 0.15) is 174 Å². The quantitative estimate of drug-likeness (QED) is 0.0302. The van der Waals surface area contributed by atoms with Gasteiger partial charge in [-0.15, -0.1) is 0 Å². The first-order valence-electron chi connectivity index (χ1n) is 20.6. The fraction of sp³-hybridized carbons (Fsp3) is 0.878. The molecule has 1 amide bonds. The van der Waals surface area contributed by atoms with Crippen molar-refractivity contribution in [1.29, 1.82) is 0 Å². The molecule has 6 N–H and O–H groups in total. The van der Waals surface area contributed by atoms with Crippen molar-refractivity contribution < 1.29 is 39.8 Å². The minimum atomic E-state index is -1.57. The molecule has 2 unspecified atom stereocenters. The van der Waals surface area contributed by atoms with Crippen LogP contribution in [-0.4, -0.2) is 87.5 Å². The van der Waals surface area contributed by atoms with E-state index in [4.69, 9.17) is 9.47 Å². The summed E-state index contributed by atoms with van der Waals surface area (Å²) in [6.07, 6.45) is 29.4. The van der Waals surface area contributed by atoms with Gasteiger partial charge in [-0.25, -0.2) is 0 Å². The SMILES string of the molecule is CCCCCC/C=C/CC/C=C/[C@@H](O)[C@H](CO[C@H]1O[C@@H](CO)[C@H](O)C(O)C1O)NC(=O)CCCCCCCCCCCCCCCCCCC. The monoisotopic (exact) mass is 712 g/mol. The molecule has 0 bridgehead atoms. The molecule has 50 heavy (non-hydrogen) atoms. The molecule has 9 nitrogen and oxygen atoms in total. The summed E-state index contributed by atoms with van der Waals surface area (Å²) in [6.45, 7) is 3.71. The number of allylic oxidation sites excluding steroid dienone is 3. The Kier molecular flexibility index (Phi) is 30.2. The molecule has 0 aliphatic carbocycles. The van der Waals surface area contributed by atoms with Crippen LogP contribution in [0.3, 0.4) is 0 Å². The molecule has 0 radical (unpaired) electrons. The third-order valence-corrected chi connectivity index (χ3v) is 9.78. The molecule has 294 valence electrons. The standard InChI is InChI=1S/C41H77NO8/c1-3-5-7-9-11-13-15-16-17-18-19-20-21-23-25-27-29-31-37(45)42-34(33-49-41-40(48)39(47)38(46)36(32-43)50-41)35(44)30-28-26-24-22-14-12-10-8-6-4-2/h14,22,28,30,34-36,38-41,43-44,46-48H,3-13,15-21,23-27,29,31-33H2,1-2H3,(H,42,45)/b22-14+,30-28+/t34-,35+,36-,38-,39?,40?,41-/m0/s1. The highest BCUT2D eigenvalue weighted by molar-refractivity contribution is 5.76. The Morgan fingerprint density at radius 2 is 1.14 bits per heavy atom. The van der Waals surface area contributed by atoms with Crippen molar-refractivity contribution in [1.82, 2.24) is 5.32 Å². The Hall–Kier alpha value is -1.33. The third kappa shape index (κ3) is 23.3. The summed E-state index contributed by atoms with van der Waals surface area (Å²) in [5, 5.41) is 53.9. The lowest BCUT2D eigenvalue weighted by Gasteiger charge is -2.40. The van der Waals surface area contributed by atoms with E-state index in [0.29, 0.717) is 6.42 Å². The van der Waals surface area contributed by atoms with Crippen LogP contribution in [0.5, 0.6) is 0 Å². The minimum absolute atomic E-state index is 0.188. The van der Waals surface area contributed by atoms with E-state index in [-0.39, 0.29) is 12.5 Å². The molecular formula is C41H77NO8. The van der Waals surface area contributed by atoms with Crippen LogP contribution in [0.4, 0.5) is 0 Å². The number of aliphatic hydroxyl groups excluding tert-OH is 5. The van der Waals surface area contributed by atoms with Crippen LogP contribution in [0.25, 0.3) is 0 Å². The molecule has 0 aromatic rings. The maximum Gasteiger partial charge on any atom is 0.220 e. The Balaban J connectivity index is 2.38. The molecule has 1 saturated heterocycles. The third-order valence-electron chi connectivity index (χ3n) is 9.78. The summed E-state index contributed by atoms with van der Waals surface area (Å²) < 4.78 is 11.1. The van der Waals surface area contributed by atoms with Gasteiger partial charge in [0.2, 0.25) is 5.91 Å². The van der Waals surface area contributed by atoms with Gasteiger partial charge in [-0.1, -0.05) is 160 Å². The van der Waals surface area contributed by atoms with Crippen molar-refractivity contribution in [3.63, 3.8) is 0 Å². The highest BCUT2D eigenvalue weighted by atomic mass is 16.7. The fourth-order valence-electron chi connectivity index (χ4n) is 6.41. The average molecular weight is 712 g/mol. The Bertz CT molecular complexity index is 837. The molecule has 1 aliphatic heterocycles. The van der Waals surface area contributed by atoms with Gasteiger partial charge in [0, 0.05) is 6.42 Å². The Morgan fingerprint density at radius 1 is 0.660 bits per heavy atom. The van der Waals surface area contributed by atoms with E-state index in [1.807, 2.05) is 6.08 Å². The van der Waals surface area contributed by atoms with Gasteiger partial charge in [0.15, 0.2) is 6.29 Å². The summed E-state index contributed by atoms with van der Waals surface area (Å²) in [5.74, 6) is -0.188. The predicted molar refractivity (Wildman–Crippen MR) is 203 cm³/mol. The summed E-state index contributed by atoms with van der Waals surface area (Å²) in [6, 6.07) is -0.814. The van der Waals surface area contributed by atoms with E-state index in [1.165, 1.54) is 116 Å². The molecule has 1 fully saturated rings. The van der Waals surface area contributed by atoms with Crippen LogP contribution in [0.2, 0.25) is 0 Å². The molecule has 1 rings (SSSR count). The Labute approximate surface area is 305 Å². The summed E-state index contributed by atoms with van der Waals surface area (Å²) in [4.78, 5) is 12.9. The molecule has 7 atom stereocenters. The Morgan fingerprint density at radius 3 is 1.68 bits per heavy atom. The topological polar surface area (TPSA) is 149 Å². The maximum absolute atomic E-state index is 12.9. The number of hydrogen-bond acceptors (Lipinski definition) is 8. The highest BCUT2D eigenvalue weighted by Crippen LogP contribution is 2.22. The molecular weight excluding hydrogens is 634 g/mol. The van der Waals surface area contributed by atoms with Gasteiger partial charge in [-0.3, -0.25) is 4.79 Å². The van der Waals surface area contributed by atoms with E-state index >= 15 is 0 Å². The highest BCUT2D eigenvalue weighted by Gasteiger charge is 2.44. The molecule has 9 heteroatoms.